The third-order valence-corrected chi connectivity index (χ3v) is 5.03. The summed E-state index contributed by atoms with van der Waals surface area (Å²) in [5.41, 5.74) is 0.870. The molecular formula is C12H18BrN3OS. The second-order valence-electron chi connectivity index (χ2n) is 4.69. The summed E-state index contributed by atoms with van der Waals surface area (Å²) in [5.74, 6) is 0.838. The third-order valence-electron chi connectivity index (χ3n) is 3.36. The maximum Gasteiger partial charge on any atom is 0.267 e. The van der Waals surface area contributed by atoms with Crippen LogP contribution in [0, 0.1) is 5.92 Å². The van der Waals surface area contributed by atoms with Gasteiger partial charge in [0.05, 0.1) is 5.69 Å². The lowest BCUT2D eigenvalue weighted by atomic mass is 9.99. The summed E-state index contributed by atoms with van der Waals surface area (Å²) >= 11 is 4.75. The molecule has 0 unspecified atom stereocenters. The van der Waals surface area contributed by atoms with Crippen molar-refractivity contribution in [3.05, 3.63) is 10.6 Å². The number of alkyl halides is 1. The van der Waals surface area contributed by atoms with Crippen molar-refractivity contribution in [2.75, 3.05) is 18.4 Å². The molecule has 1 saturated heterocycles. The van der Waals surface area contributed by atoms with E-state index in [-0.39, 0.29) is 5.91 Å². The van der Waals surface area contributed by atoms with Gasteiger partial charge in [-0.3, -0.25) is 4.79 Å². The molecule has 1 aliphatic rings. The molecule has 100 valence electrons. The molecule has 1 aliphatic heterocycles. The Kier molecular flexibility index (Phi) is 5.12. The Bertz CT molecular complexity index is 402. The van der Waals surface area contributed by atoms with Crippen molar-refractivity contribution in [1.29, 1.82) is 0 Å². The Morgan fingerprint density at radius 1 is 1.50 bits per heavy atom. The van der Waals surface area contributed by atoms with Gasteiger partial charge in [0, 0.05) is 18.4 Å². The fraction of sp³-hybridized carbons (Fsp3) is 0.750. The van der Waals surface area contributed by atoms with Crippen molar-refractivity contribution < 1.29 is 4.79 Å². The topological polar surface area (TPSA) is 46.1 Å². The number of nitrogens with zero attached hydrogens (tertiary/aromatic N) is 3. The smallest absolute Gasteiger partial charge is 0.267 e. The lowest BCUT2D eigenvalue weighted by Crippen LogP contribution is -2.38. The zero-order chi connectivity index (χ0) is 13.0. The van der Waals surface area contributed by atoms with E-state index in [1.807, 2.05) is 4.90 Å². The highest BCUT2D eigenvalue weighted by Crippen LogP contribution is 2.22. The molecule has 2 rings (SSSR count). The summed E-state index contributed by atoms with van der Waals surface area (Å²) in [6.45, 7) is 3.81. The second kappa shape index (κ2) is 6.61. The van der Waals surface area contributed by atoms with Gasteiger partial charge in [0.15, 0.2) is 0 Å². The van der Waals surface area contributed by atoms with Crippen LogP contribution in [-0.2, 0) is 6.42 Å². The van der Waals surface area contributed by atoms with E-state index in [9.17, 15) is 4.79 Å². The van der Waals surface area contributed by atoms with E-state index in [0.717, 1.165) is 54.7 Å². The number of amides is 1. The van der Waals surface area contributed by atoms with E-state index in [4.69, 9.17) is 0 Å². The van der Waals surface area contributed by atoms with Crippen LogP contribution in [-0.4, -0.2) is 38.8 Å². The highest BCUT2D eigenvalue weighted by atomic mass is 79.9. The monoisotopic (exact) mass is 331 g/mol. The van der Waals surface area contributed by atoms with E-state index in [1.54, 1.807) is 0 Å². The summed E-state index contributed by atoms with van der Waals surface area (Å²) in [4.78, 5) is 15.1. The average Bonchev–Trinajstić information content (AvgIpc) is 2.87. The molecule has 2 heterocycles. The van der Waals surface area contributed by atoms with Gasteiger partial charge in [-0.05, 0) is 36.7 Å². The van der Waals surface area contributed by atoms with Crippen molar-refractivity contribution in [2.45, 2.75) is 32.6 Å². The average molecular weight is 332 g/mol. The summed E-state index contributed by atoms with van der Waals surface area (Å²) < 4.78 is 3.92. The van der Waals surface area contributed by atoms with E-state index < -0.39 is 0 Å². The van der Waals surface area contributed by atoms with Crippen LogP contribution < -0.4 is 0 Å². The molecule has 18 heavy (non-hydrogen) atoms. The van der Waals surface area contributed by atoms with Crippen LogP contribution in [0.5, 0.6) is 0 Å². The molecule has 1 fully saturated rings. The molecule has 0 N–H and O–H groups in total. The maximum atomic E-state index is 12.4. The van der Waals surface area contributed by atoms with Gasteiger partial charge >= 0.3 is 0 Å². The Hall–Kier alpha value is -0.490. The Balaban J connectivity index is 2.01. The SMILES string of the molecule is CCCc1nnsc1C(=O)N1CCC(CBr)CC1. The molecule has 1 amide bonds. The van der Waals surface area contributed by atoms with Gasteiger partial charge in [0.2, 0.25) is 0 Å². The highest BCUT2D eigenvalue weighted by molar-refractivity contribution is 9.09. The largest absolute Gasteiger partial charge is 0.338 e. The minimum absolute atomic E-state index is 0.126. The predicted octanol–water partition coefficient (Wildman–Crippen LogP) is 2.74. The Morgan fingerprint density at radius 3 is 2.83 bits per heavy atom. The fourth-order valence-electron chi connectivity index (χ4n) is 2.21. The molecule has 0 spiro atoms. The molecule has 0 aliphatic carbocycles. The Labute approximate surface area is 120 Å². The maximum absolute atomic E-state index is 12.4. The summed E-state index contributed by atoms with van der Waals surface area (Å²) in [7, 11) is 0. The lowest BCUT2D eigenvalue weighted by Gasteiger charge is -2.30. The van der Waals surface area contributed by atoms with Crippen molar-refractivity contribution in [1.82, 2.24) is 14.5 Å². The highest BCUT2D eigenvalue weighted by Gasteiger charge is 2.26. The zero-order valence-electron chi connectivity index (χ0n) is 10.6. The van der Waals surface area contributed by atoms with Gasteiger partial charge in [0.1, 0.15) is 4.88 Å². The molecule has 1 aromatic heterocycles. The Morgan fingerprint density at radius 2 is 2.22 bits per heavy atom. The van der Waals surface area contributed by atoms with Gasteiger partial charge in [-0.1, -0.05) is 33.8 Å². The van der Waals surface area contributed by atoms with Gasteiger partial charge in [0.25, 0.3) is 5.91 Å². The third kappa shape index (κ3) is 3.09. The zero-order valence-corrected chi connectivity index (χ0v) is 13.0. The van der Waals surface area contributed by atoms with Crippen molar-refractivity contribution in [3.8, 4) is 0 Å². The number of rotatable bonds is 4. The summed E-state index contributed by atoms with van der Waals surface area (Å²) in [6.07, 6.45) is 4.02. The predicted molar refractivity (Wildman–Crippen MR) is 76.3 cm³/mol. The fourth-order valence-corrected chi connectivity index (χ4v) is 3.53. The number of aryl methyl sites for hydroxylation is 1. The number of aromatic nitrogens is 2. The van der Waals surface area contributed by atoms with Crippen LogP contribution in [0.4, 0.5) is 0 Å². The normalized spacial score (nSPS) is 17.1. The molecule has 4 nitrogen and oxygen atoms in total. The molecule has 6 heteroatoms. The van der Waals surface area contributed by atoms with Crippen molar-refractivity contribution >= 4 is 33.4 Å². The second-order valence-corrected chi connectivity index (χ2v) is 6.09. The van der Waals surface area contributed by atoms with Crippen LogP contribution in [0.2, 0.25) is 0 Å². The molecule has 1 aromatic rings. The van der Waals surface area contributed by atoms with Crippen LogP contribution in [0.1, 0.15) is 41.6 Å². The van der Waals surface area contributed by atoms with Crippen molar-refractivity contribution in [2.24, 2.45) is 5.92 Å². The number of carbonyl (C=O) groups is 1. The van der Waals surface area contributed by atoms with E-state index in [1.165, 1.54) is 11.5 Å². The lowest BCUT2D eigenvalue weighted by molar-refractivity contribution is 0.0702. The molecule has 0 bridgehead atoms. The number of halogens is 1. The quantitative estimate of drug-likeness (QED) is 0.797. The first-order valence-corrected chi connectivity index (χ1v) is 8.32. The molecule has 0 atom stereocenters. The van der Waals surface area contributed by atoms with E-state index in [0.29, 0.717) is 5.92 Å². The molecule has 0 radical (unpaired) electrons. The van der Waals surface area contributed by atoms with E-state index >= 15 is 0 Å². The molecule has 0 aromatic carbocycles. The number of likely N-dealkylation sites (tertiary alicyclic amines) is 1. The minimum Gasteiger partial charge on any atom is -0.338 e. The first kappa shape index (κ1) is 13.9. The summed E-state index contributed by atoms with van der Waals surface area (Å²) in [6, 6.07) is 0. The number of carbonyl (C=O) groups excluding carboxylic acids is 1. The number of piperidine rings is 1. The van der Waals surface area contributed by atoms with Gasteiger partial charge < -0.3 is 4.90 Å². The van der Waals surface area contributed by atoms with E-state index in [2.05, 4.69) is 32.4 Å². The number of hydrogen-bond acceptors (Lipinski definition) is 4. The number of hydrogen-bond donors (Lipinski definition) is 0. The van der Waals surface area contributed by atoms with Crippen LogP contribution in [0.15, 0.2) is 0 Å². The van der Waals surface area contributed by atoms with Crippen LogP contribution in [0.3, 0.4) is 0 Å². The first-order chi connectivity index (χ1) is 8.76. The van der Waals surface area contributed by atoms with Crippen LogP contribution in [0.25, 0.3) is 0 Å². The van der Waals surface area contributed by atoms with Gasteiger partial charge in [-0.25, -0.2) is 0 Å². The standard InChI is InChI=1S/C12H18BrN3OS/c1-2-3-10-11(18-15-14-10)12(17)16-6-4-9(8-13)5-7-16/h9H,2-8H2,1H3. The van der Waals surface area contributed by atoms with Gasteiger partial charge in [-0.2, -0.15) is 0 Å². The minimum atomic E-state index is 0.126. The summed E-state index contributed by atoms with van der Waals surface area (Å²) in [5, 5.41) is 5.11. The molecular weight excluding hydrogens is 314 g/mol. The molecule has 0 saturated carbocycles. The first-order valence-electron chi connectivity index (χ1n) is 6.42. The van der Waals surface area contributed by atoms with Crippen LogP contribution >= 0.6 is 27.5 Å². The van der Waals surface area contributed by atoms with Gasteiger partial charge in [-0.15, -0.1) is 5.10 Å². The van der Waals surface area contributed by atoms with Crippen molar-refractivity contribution in [3.63, 3.8) is 0 Å².